The summed E-state index contributed by atoms with van der Waals surface area (Å²) in [6.07, 6.45) is 18.8. The fourth-order valence-corrected chi connectivity index (χ4v) is 3.63. The lowest BCUT2D eigenvalue weighted by Crippen LogP contribution is -2.33. The van der Waals surface area contributed by atoms with Crippen molar-refractivity contribution in [3.8, 4) is 0 Å². The van der Waals surface area contributed by atoms with Gasteiger partial charge in [-0.1, -0.05) is 54.9 Å². The molecule has 0 saturated heterocycles. The van der Waals surface area contributed by atoms with Crippen LogP contribution in [-0.2, 0) is 9.59 Å². The lowest BCUT2D eigenvalue weighted by Gasteiger charge is -2.21. The van der Waals surface area contributed by atoms with Crippen LogP contribution in [0.25, 0.3) is 0 Å². The van der Waals surface area contributed by atoms with Gasteiger partial charge < -0.3 is 9.69 Å². The highest BCUT2D eigenvalue weighted by Crippen LogP contribution is 2.14. The Morgan fingerprint density at radius 1 is 0.594 bits per heavy atom. The molecule has 0 spiro atoms. The summed E-state index contributed by atoms with van der Waals surface area (Å²) in [4.78, 5) is 25.6. The molecule has 0 unspecified atom stereocenters. The number of carbonyl (C=O) groups is 2. The van der Waals surface area contributed by atoms with Crippen LogP contribution in [0.1, 0.15) is 113 Å². The van der Waals surface area contributed by atoms with Gasteiger partial charge in [0.05, 0.1) is 0 Å². The molecule has 0 aromatic carbocycles. The zero-order valence-corrected chi connectivity index (χ0v) is 22.1. The number of hydrogen-bond donors (Lipinski definition) is 0. The third kappa shape index (κ3) is 15.8. The van der Waals surface area contributed by atoms with Gasteiger partial charge in [0.15, 0.2) is 0 Å². The van der Waals surface area contributed by atoms with Gasteiger partial charge >= 0.3 is 0 Å². The molecular weight excluding hydrogens is 394 g/mol. The molecule has 0 aliphatic carbocycles. The summed E-state index contributed by atoms with van der Waals surface area (Å²) < 4.78 is 0. The van der Waals surface area contributed by atoms with E-state index in [-0.39, 0.29) is 11.7 Å². The van der Waals surface area contributed by atoms with Crippen molar-refractivity contribution in [1.29, 1.82) is 0 Å². The number of allylic oxidation sites excluding steroid dienone is 7. The van der Waals surface area contributed by atoms with E-state index >= 15 is 0 Å². The molecule has 0 bridgehead atoms. The van der Waals surface area contributed by atoms with Gasteiger partial charge in [-0.15, -0.1) is 0 Å². The van der Waals surface area contributed by atoms with Crippen LogP contribution in [0.5, 0.6) is 0 Å². The highest BCUT2D eigenvalue weighted by molar-refractivity contribution is 5.92. The van der Waals surface area contributed by atoms with Crippen molar-refractivity contribution in [2.75, 3.05) is 13.1 Å². The number of Topliss-reactive ketones (excluding diaryl/α,β-unsaturated/α-hetero) is 1. The Labute approximate surface area is 198 Å². The third-order valence-electron chi connectivity index (χ3n) is 5.65. The number of carbonyl (C=O) groups excluding carboxylic acids is 2. The summed E-state index contributed by atoms with van der Waals surface area (Å²) >= 11 is 0. The lowest BCUT2D eigenvalue weighted by atomic mass is 10.0. The summed E-state index contributed by atoms with van der Waals surface area (Å²) in [7, 11) is 0. The second-order valence-electron chi connectivity index (χ2n) is 9.19. The van der Waals surface area contributed by atoms with Crippen molar-refractivity contribution in [1.82, 2.24) is 4.90 Å². The minimum Gasteiger partial charge on any atom is -0.339 e. The van der Waals surface area contributed by atoms with Crippen LogP contribution in [0.3, 0.4) is 0 Å². The number of nitrogens with zero attached hydrogens (tertiary/aromatic N) is 1. The molecule has 0 aromatic heterocycles. The normalized spacial score (nSPS) is 13.5. The Morgan fingerprint density at radius 2 is 0.969 bits per heavy atom. The Morgan fingerprint density at radius 3 is 1.34 bits per heavy atom. The van der Waals surface area contributed by atoms with Crippen LogP contribution in [-0.4, -0.2) is 29.7 Å². The molecule has 0 aliphatic heterocycles. The quantitative estimate of drug-likeness (QED) is 0.168. The summed E-state index contributed by atoms with van der Waals surface area (Å²) in [5.41, 5.74) is 5.10. The molecular formula is C29H49NO2. The van der Waals surface area contributed by atoms with E-state index in [0.29, 0.717) is 6.42 Å². The number of ketones is 1. The maximum Gasteiger partial charge on any atom is 0.249 e. The van der Waals surface area contributed by atoms with Crippen molar-refractivity contribution in [2.24, 2.45) is 0 Å². The molecule has 0 atom stereocenters. The van der Waals surface area contributed by atoms with Gasteiger partial charge in [0, 0.05) is 25.1 Å². The first-order chi connectivity index (χ1) is 15.2. The van der Waals surface area contributed by atoms with Crippen molar-refractivity contribution in [3.63, 3.8) is 0 Å². The number of hydrogen-bond acceptors (Lipinski definition) is 2. The Hall–Kier alpha value is -1.90. The minimum atomic E-state index is 0.194. The molecule has 0 N–H and O–H groups in total. The summed E-state index contributed by atoms with van der Waals surface area (Å²) in [5, 5.41) is 0. The first-order valence-corrected chi connectivity index (χ1v) is 12.6. The minimum absolute atomic E-state index is 0.194. The fourth-order valence-electron chi connectivity index (χ4n) is 3.63. The van der Waals surface area contributed by atoms with E-state index in [1.165, 1.54) is 16.7 Å². The largest absolute Gasteiger partial charge is 0.339 e. The van der Waals surface area contributed by atoms with E-state index in [1.54, 1.807) is 6.92 Å². The van der Waals surface area contributed by atoms with Gasteiger partial charge in [-0.3, -0.25) is 4.79 Å². The molecule has 0 aliphatic rings. The maximum atomic E-state index is 12.6. The molecule has 182 valence electrons. The van der Waals surface area contributed by atoms with Gasteiger partial charge in [0.2, 0.25) is 5.91 Å². The van der Waals surface area contributed by atoms with Gasteiger partial charge in [-0.05, 0) is 92.4 Å². The Kier molecular flexibility index (Phi) is 17.5. The van der Waals surface area contributed by atoms with Gasteiger partial charge in [-0.2, -0.15) is 0 Å². The van der Waals surface area contributed by atoms with Crippen molar-refractivity contribution in [2.45, 2.75) is 113 Å². The predicted octanol–water partition coefficient (Wildman–Crippen LogP) is 8.13. The van der Waals surface area contributed by atoms with Gasteiger partial charge in [-0.25, -0.2) is 0 Å². The van der Waals surface area contributed by atoms with Crippen LogP contribution >= 0.6 is 0 Å². The van der Waals surface area contributed by atoms with E-state index in [4.69, 9.17) is 0 Å². The van der Waals surface area contributed by atoms with E-state index in [0.717, 1.165) is 76.5 Å². The van der Waals surface area contributed by atoms with E-state index in [9.17, 15) is 9.59 Å². The Balaban J connectivity index is 4.32. The Bertz CT molecular complexity index is 673. The standard InChI is InChI=1S/C29H49NO2/c1-8-22-30(23-9-2)29(32)27(6)20-12-18-25(4)16-10-14-24(3)15-11-17-26(5)19-13-21-28(7)31/h15-16,19-20H,8-14,17-18,21-23H2,1-7H3. The van der Waals surface area contributed by atoms with E-state index < -0.39 is 0 Å². The number of amides is 1. The van der Waals surface area contributed by atoms with Gasteiger partial charge in [0.1, 0.15) is 5.78 Å². The monoisotopic (exact) mass is 443 g/mol. The molecule has 0 fully saturated rings. The van der Waals surface area contributed by atoms with Crippen LogP contribution in [0.15, 0.2) is 46.6 Å². The van der Waals surface area contributed by atoms with Crippen LogP contribution in [0, 0.1) is 0 Å². The molecule has 1 amide bonds. The average molecular weight is 444 g/mol. The molecule has 0 saturated carbocycles. The first-order valence-electron chi connectivity index (χ1n) is 12.6. The van der Waals surface area contributed by atoms with Crippen molar-refractivity contribution >= 4 is 11.7 Å². The zero-order valence-electron chi connectivity index (χ0n) is 22.1. The zero-order chi connectivity index (χ0) is 24.4. The van der Waals surface area contributed by atoms with Crippen molar-refractivity contribution < 1.29 is 9.59 Å². The summed E-state index contributed by atoms with van der Waals surface area (Å²) in [5.74, 6) is 0.457. The number of rotatable bonds is 17. The lowest BCUT2D eigenvalue weighted by molar-refractivity contribution is -0.127. The van der Waals surface area contributed by atoms with E-state index in [2.05, 4.69) is 58.9 Å². The second-order valence-corrected chi connectivity index (χ2v) is 9.19. The third-order valence-corrected chi connectivity index (χ3v) is 5.65. The molecule has 32 heavy (non-hydrogen) atoms. The molecule has 3 nitrogen and oxygen atoms in total. The molecule has 3 heteroatoms. The van der Waals surface area contributed by atoms with Crippen LogP contribution in [0.2, 0.25) is 0 Å². The van der Waals surface area contributed by atoms with Crippen LogP contribution in [0.4, 0.5) is 0 Å². The smallest absolute Gasteiger partial charge is 0.249 e. The highest BCUT2D eigenvalue weighted by atomic mass is 16.2. The topological polar surface area (TPSA) is 37.4 Å². The SMILES string of the molecule is CCCN(CCC)C(=O)C(C)=CCCC(C)=CCCC(C)=CCCC(C)=CCCC(C)=O. The molecule has 0 aromatic rings. The first kappa shape index (κ1) is 30.1. The van der Waals surface area contributed by atoms with Crippen molar-refractivity contribution in [3.05, 3.63) is 46.6 Å². The summed E-state index contributed by atoms with van der Waals surface area (Å²) in [6, 6.07) is 0. The summed E-state index contributed by atoms with van der Waals surface area (Å²) in [6.45, 7) is 16.1. The molecule has 0 rings (SSSR count). The maximum absolute atomic E-state index is 12.6. The highest BCUT2D eigenvalue weighted by Gasteiger charge is 2.12. The van der Waals surface area contributed by atoms with Crippen LogP contribution < -0.4 is 0 Å². The average Bonchev–Trinajstić information content (AvgIpc) is 2.72. The fraction of sp³-hybridized carbons (Fsp3) is 0.655. The second kappa shape index (κ2) is 18.7. The molecule has 0 heterocycles. The predicted molar refractivity (Wildman–Crippen MR) is 140 cm³/mol. The van der Waals surface area contributed by atoms with E-state index in [1.807, 2.05) is 11.8 Å². The van der Waals surface area contributed by atoms with Gasteiger partial charge in [0.25, 0.3) is 0 Å². The molecule has 0 radical (unpaired) electrons.